The molecule has 0 aliphatic heterocycles. The van der Waals surface area contributed by atoms with Gasteiger partial charge in [-0.25, -0.2) is 0 Å². The molecule has 0 atom stereocenters. The third-order valence-electron chi connectivity index (χ3n) is 2.93. The smallest absolute Gasteiger partial charge is 0.150 e. The van der Waals surface area contributed by atoms with E-state index >= 15 is 0 Å². The SMILES string of the molecule is CCCc1ccc(Oc2cnccc2CNC)cc1. The number of rotatable bonds is 6. The van der Waals surface area contributed by atoms with Gasteiger partial charge in [0.2, 0.25) is 0 Å². The summed E-state index contributed by atoms with van der Waals surface area (Å²) in [6, 6.07) is 10.2. The number of benzene rings is 1. The first-order valence-electron chi connectivity index (χ1n) is 6.67. The predicted molar refractivity (Wildman–Crippen MR) is 77.5 cm³/mol. The van der Waals surface area contributed by atoms with Crippen molar-refractivity contribution in [1.29, 1.82) is 0 Å². The van der Waals surface area contributed by atoms with Crippen LogP contribution in [0.2, 0.25) is 0 Å². The van der Waals surface area contributed by atoms with E-state index in [2.05, 4.69) is 29.4 Å². The molecule has 1 aromatic heterocycles. The molecular weight excluding hydrogens is 236 g/mol. The molecule has 0 spiro atoms. The Balaban J connectivity index is 2.12. The van der Waals surface area contributed by atoms with Crippen molar-refractivity contribution >= 4 is 0 Å². The molecule has 0 unspecified atom stereocenters. The highest BCUT2D eigenvalue weighted by Gasteiger charge is 2.04. The van der Waals surface area contributed by atoms with Gasteiger partial charge in [0.1, 0.15) is 11.5 Å². The molecule has 0 saturated carbocycles. The van der Waals surface area contributed by atoms with Crippen LogP contribution in [0, 0.1) is 0 Å². The van der Waals surface area contributed by atoms with E-state index in [9.17, 15) is 0 Å². The molecule has 2 aromatic rings. The molecule has 1 heterocycles. The minimum atomic E-state index is 0.770. The first-order valence-corrected chi connectivity index (χ1v) is 6.67. The summed E-state index contributed by atoms with van der Waals surface area (Å²) < 4.78 is 5.89. The molecular formula is C16H20N2O. The molecule has 100 valence electrons. The van der Waals surface area contributed by atoms with E-state index in [1.165, 1.54) is 5.56 Å². The average Bonchev–Trinajstić information content (AvgIpc) is 2.44. The van der Waals surface area contributed by atoms with Crippen LogP contribution in [-0.2, 0) is 13.0 Å². The summed E-state index contributed by atoms with van der Waals surface area (Å²) in [4.78, 5) is 4.12. The summed E-state index contributed by atoms with van der Waals surface area (Å²) in [5.74, 6) is 1.66. The maximum atomic E-state index is 5.89. The molecule has 2 rings (SSSR count). The summed E-state index contributed by atoms with van der Waals surface area (Å²) >= 11 is 0. The first kappa shape index (κ1) is 13.6. The van der Waals surface area contributed by atoms with Crippen molar-refractivity contribution in [3.05, 3.63) is 53.9 Å². The first-order chi connectivity index (χ1) is 9.33. The fourth-order valence-corrected chi connectivity index (χ4v) is 1.98. The van der Waals surface area contributed by atoms with Crippen molar-refractivity contribution in [2.75, 3.05) is 7.05 Å². The molecule has 19 heavy (non-hydrogen) atoms. The van der Waals surface area contributed by atoms with E-state index in [0.29, 0.717) is 0 Å². The molecule has 1 N–H and O–H groups in total. The Bertz CT molecular complexity index is 508. The number of hydrogen-bond donors (Lipinski definition) is 1. The molecule has 0 aliphatic rings. The molecule has 0 bridgehead atoms. The lowest BCUT2D eigenvalue weighted by atomic mass is 10.1. The molecule has 1 aromatic carbocycles. The van der Waals surface area contributed by atoms with Crippen LogP contribution >= 0.6 is 0 Å². The van der Waals surface area contributed by atoms with Gasteiger partial charge in [0.25, 0.3) is 0 Å². The quantitative estimate of drug-likeness (QED) is 0.858. The molecule has 3 nitrogen and oxygen atoms in total. The lowest BCUT2D eigenvalue weighted by molar-refractivity contribution is 0.471. The second-order valence-corrected chi connectivity index (χ2v) is 4.51. The Labute approximate surface area is 114 Å². The highest BCUT2D eigenvalue weighted by Crippen LogP contribution is 2.24. The molecule has 0 amide bonds. The van der Waals surface area contributed by atoms with Crippen LogP contribution < -0.4 is 10.1 Å². The van der Waals surface area contributed by atoms with E-state index < -0.39 is 0 Å². The monoisotopic (exact) mass is 256 g/mol. The fraction of sp³-hybridized carbons (Fsp3) is 0.312. The van der Waals surface area contributed by atoms with Crippen LogP contribution in [0.4, 0.5) is 0 Å². The zero-order chi connectivity index (χ0) is 13.5. The van der Waals surface area contributed by atoms with Crippen molar-refractivity contribution in [3.63, 3.8) is 0 Å². The van der Waals surface area contributed by atoms with Crippen LogP contribution in [0.25, 0.3) is 0 Å². The van der Waals surface area contributed by atoms with Crippen molar-refractivity contribution in [2.24, 2.45) is 0 Å². The topological polar surface area (TPSA) is 34.1 Å². The Morgan fingerprint density at radius 1 is 1.16 bits per heavy atom. The van der Waals surface area contributed by atoms with Gasteiger partial charge in [0.15, 0.2) is 0 Å². The summed E-state index contributed by atoms with van der Waals surface area (Å²) in [5.41, 5.74) is 2.45. The predicted octanol–water partition coefficient (Wildman–Crippen LogP) is 3.55. The second kappa shape index (κ2) is 6.90. The van der Waals surface area contributed by atoms with Gasteiger partial charge in [-0.1, -0.05) is 25.5 Å². The van der Waals surface area contributed by atoms with Crippen molar-refractivity contribution in [3.8, 4) is 11.5 Å². The third-order valence-corrected chi connectivity index (χ3v) is 2.93. The van der Waals surface area contributed by atoms with Crippen LogP contribution in [0.3, 0.4) is 0 Å². The normalized spacial score (nSPS) is 10.4. The average molecular weight is 256 g/mol. The molecule has 3 heteroatoms. The number of hydrogen-bond acceptors (Lipinski definition) is 3. The number of nitrogens with one attached hydrogen (secondary N) is 1. The van der Waals surface area contributed by atoms with Crippen LogP contribution in [0.5, 0.6) is 11.5 Å². The maximum Gasteiger partial charge on any atom is 0.150 e. The van der Waals surface area contributed by atoms with E-state index in [0.717, 1.165) is 36.4 Å². The van der Waals surface area contributed by atoms with Gasteiger partial charge in [-0.05, 0) is 37.2 Å². The van der Waals surface area contributed by atoms with Gasteiger partial charge in [-0.3, -0.25) is 4.98 Å². The standard InChI is InChI=1S/C16H20N2O/c1-3-4-13-5-7-15(8-6-13)19-16-12-18-10-9-14(16)11-17-2/h5-10,12,17H,3-4,11H2,1-2H3. The van der Waals surface area contributed by atoms with Crippen LogP contribution in [-0.4, -0.2) is 12.0 Å². The lowest BCUT2D eigenvalue weighted by Crippen LogP contribution is -2.06. The van der Waals surface area contributed by atoms with E-state index in [1.807, 2.05) is 25.2 Å². The molecule has 0 radical (unpaired) electrons. The lowest BCUT2D eigenvalue weighted by Gasteiger charge is -2.10. The summed E-state index contributed by atoms with van der Waals surface area (Å²) in [6.07, 6.45) is 5.81. The minimum Gasteiger partial charge on any atom is -0.455 e. The minimum absolute atomic E-state index is 0.770. The van der Waals surface area contributed by atoms with Crippen molar-refractivity contribution in [2.45, 2.75) is 26.3 Å². The summed E-state index contributed by atoms with van der Waals surface area (Å²) in [7, 11) is 1.92. The van der Waals surface area contributed by atoms with Crippen LogP contribution in [0.1, 0.15) is 24.5 Å². The Hall–Kier alpha value is -1.87. The Kier molecular flexibility index (Phi) is 4.93. The zero-order valence-corrected chi connectivity index (χ0v) is 11.5. The number of pyridine rings is 1. The van der Waals surface area contributed by atoms with Gasteiger partial charge >= 0.3 is 0 Å². The number of ether oxygens (including phenoxy) is 1. The van der Waals surface area contributed by atoms with Gasteiger partial charge in [0.05, 0.1) is 6.20 Å². The largest absolute Gasteiger partial charge is 0.455 e. The van der Waals surface area contributed by atoms with Crippen LogP contribution in [0.15, 0.2) is 42.7 Å². The Morgan fingerprint density at radius 2 is 1.95 bits per heavy atom. The summed E-state index contributed by atoms with van der Waals surface area (Å²) in [5, 5.41) is 3.13. The Morgan fingerprint density at radius 3 is 2.63 bits per heavy atom. The fourth-order valence-electron chi connectivity index (χ4n) is 1.98. The number of aryl methyl sites for hydroxylation is 1. The van der Waals surface area contributed by atoms with E-state index in [4.69, 9.17) is 4.74 Å². The molecule has 0 aliphatic carbocycles. The number of aromatic nitrogens is 1. The highest BCUT2D eigenvalue weighted by molar-refractivity contribution is 5.36. The second-order valence-electron chi connectivity index (χ2n) is 4.51. The third kappa shape index (κ3) is 3.80. The zero-order valence-electron chi connectivity index (χ0n) is 11.5. The molecule has 0 saturated heterocycles. The van der Waals surface area contributed by atoms with E-state index in [-0.39, 0.29) is 0 Å². The maximum absolute atomic E-state index is 5.89. The van der Waals surface area contributed by atoms with Gasteiger partial charge in [-0.15, -0.1) is 0 Å². The highest BCUT2D eigenvalue weighted by atomic mass is 16.5. The van der Waals surface area contributed by atoms with Crippen molar-refractivity contribution < 1.29 is 4.74 Å². The molecule has 0 fully saturated rings. The van der Waals surface area contributed by atoms with Gasteiger partial charge < -0.3 is 10.1 Å². The number of nitrogens with zero attached hydrogens (tertiary/aromatic N) is 1. The van der Waals surface area contributed by atoms with Gasteiger partial charge in [-0.2, -0.15) is 0 Å². The summed E-state index contributed by atoms with van der Waals surface area (Å²) in [6.45, 7) is 2.95. The van der Waals surface area contributed by atoms with Gasteiger partial charge in [0, 0.05) is 18.3 Å². The van der Waals surface area contributed by atoms with E-state index in [1.54, 1.807) is 12.4 Å². The van der Waals surface area contributed by atoms with Crippen molar-refractivity contribution in [1.82, 2.24) is 10.3 Å².